The molecule has 1 aliphatic heterocycles. The second-order valence-electron chi connectivity index (χ2n) is 5.20. The summed E-state index contributed by atoms with van der Waals surface area (Å²) in [4.78, 5) is 0. The lowest BCUT2D eigenvalue weighted by molar-refractivity contribution is 0.317. The van der Waals surface area contributed by atoms with Gasteiger partial charge >= 0.3 is 0 Å². The maximum Gasteiger partial charge on any atom is 0.133 e. The van der Waals surface area contributed by atoms with Crippen LogP contribution in [-0.2, 0) is 6.42 Å². The fourth-order valence-electron chi connectivity index (χ4n) is 1.64. The molecule has 0 aromatic carbocycles. The van der Waals surface area contributed by atoms with Crippen LogP contribution in [0.2, 0.25) is 0 Å². The molecule has 1 aliphatic rings. The topological polar surface area (TPSA) is 42.7 Å². The van der Waals surface area contributed by atoms with Crippen LogP contribution < -0.4 is 5.32 Å². The van der Waals surface area contributed by atoms with Gasteiger partial charge in [-0.2, -0.15) is 0 Å². The van der Waals surface area contributed by atoms with Crippen molar-refractivity contribution in [3.8, 4) is 0 Å². The molecule has 0 unspecified atom stereocenters. The zero-order valence-electron chi connectivity index (χ0n) is 9.12. The highest BCUT2D eigenvalue weighted by molar-refractivity contribution is 4.96. The van der Waals surface area contributed by atoms with Crippen molar-refractivity contribution in [1.29, 1.82) is 0 Å². The maximum absolute atomic E-state index is 4.19. The minimum absolute atomic E-state index is 0.280. The van der Waals surface area contributed by atoms with Crippen molar-refractivity contribution in [2.24, 2.45) is 5.41 Å². The quantitative estimate of drug-likeness (QED) is 0.764. The largest absolute Gasteiger partial charge is 0.313 e. The van der Waals surface area contributed by atoms with Gasteiger partial charge in [0.2, 0.25) is 0 Å². The molecule has 0 bridgehead atoms. The van der Waals surface area contributed by atoms with E-state index >= 15 is 0 Å². The molecule has 0 atom stereocenters. The first-order valence-electron chi connectivity index (χ1n) is 5.15. The van der Waals surface area contributed by atoms with Gasteiger partial charge in [-0.1, -0.05) is 20.8 Å². The second kappa shape index (κ2) is 3.35. The smallest absolute Gasteiger partial charge is 0.133 e. The first-order chi connectivity index (χ1) is 6.56. The number of hydrogen-bond donors (Lipinski definition) is 1. The molecule has 4 nitrogen and oxygen atoms in total. The molecule has 14 heavy (non-hydrogen) atoms. The Labute approximate surface area is 84.7 Å². The van der Waals surface area contributed by atoms with E-state index in [0.29, 0.717) is 6.04 Å². The molecule has 78 valence electrons. The lowest BCUT2D eigenvalue weighted by Gasteiger charge is -2.30. The Hall–Kier alpha value is -0.900. The highest BCUT2D eigenvalue weighted by atomic mass is 15.3. The standard InChI is InChI=1S/C10H18N4/c1-10(2,3)4-9-13-12-7-14(9)8-5-11-6-8/h7-8,11H,4-6H2,1-3H3. The van der Waals surface area contributed by atoms with Gasteiger partial charge in [0.05, 0.1) is 6.04 Å². The molecule has 1 aromatic heterocycles. The van der Waals surface area contributed by atoms with E-state index in [2.05, 4.69) is 40.9 Å². The molecule has 1 aromatic rings. The van der Waals surface area contributed by atoms with Crippen molar-refractivity contribution in [2.45, 2.75) is 33.2 Å². The third-order valence-corrected chi connectivity index (χ3v) is 2.49. The molecule has 1 N–H and O–H groups in total. The van der Waals surface area contributed by atoms with Gasteiger partial charge in [0.1, 0.15) is 12.2 Å². The van der Waals surface area contributed by atoms with Crippen LogP contribution in [-0.4, -0.2) is 27.9 Å². The number of nitrogens with zero attached hydrogens (tertiary/aromatic N) is 3. The minimum Gasteiger partial charge on any atom is -0.313 e. The van der Waals surface area contributed by atoms with E-state index in [4.69, 9.17) is 0 Å². The van der Waals surface area contributed by atoms with Crippen LogP contribution >= 0.6 is 0 Å². The summed E-state index contributed by atoms with van der Waals surface area (Å²) < 4.78 is 2.21. The van der Waals surface area contributed by atoms with Crippen LogP contribution in [0.3, 0.4) is 0 Å². The summed E-state index contributed by atoms with van der Waals surface area (Å²) in [6, 6.07) is 0.572. The molecule has 0 saturated carbocycles. The Bertz CT molecular complexity index is 306. The van der Waals surface area contributed by atoms with E-state index < -0.39 is 0 Å². The van der Waals surface area contributed by atoms with E-state index in [1.165, 1.54) is 0 Å². The van der Waals surface area contributed by atoms with Crippen molar-refractivity contribution in [3.63, 3.8) is 0 Å². The molecule has 1 fully saturated rings. The predicted octanol–water partition coefficient (Wildman–Crippen LogP) is 1.01. The third-order valence-electron chi connectivity index (χ3n) is 2.49. The highest BCUT2D eigenvalue weighted by Crippen LogP contribution is 2.21. The zero-order valence-corrected chi connectivity index (χ0v) is 9.12. The van der Waals surface area contributed by atoms with Crippen molar-refractivity contribution in [1.82, 2.24) is 20.1 Å². The highest BCUT2D eigenvalue weighted by Gasteiger charge is 2.23. The van der Waals surface area contributed by atoms with Crippen LogP contribution in [0.25, 0.3) is 0 Å². The molecule has 0 aliphatic carbocycles. The Balaban J connectivity index is 2.13. The third kappa shape index (κ3) is 1.95. The average Bonchev–Trinajstić information content (AvgIpc) is 2.30. The van der Waals surface area contributed by atoms with E-state index in [0.717, 1.165) is 25.3 Å². The lowest BCUT2D eigenvalue weighted by Crippen LogP contribution is -2.44. The summed E-state index contributed by atoms with van der Waals surface area (Å²) in [5.41, 5.74) is 0.280. The molecular formula is C10H18N4. The molecule has 0 amide bonds. The average molecular weight is 194 g/mol. The zero-order chi connectivity index (χ0) is 10.2. The molecule has 0 radical (unpaired) electrons. The SMILES string of the molecule is CC(C)(C)Cc1nncn1C1CNC1. The molecule has 2 rings (SSSR count). The number of nitrogens with one attached hydrogen (secondary N) is 1. The monoisotopic (exact) mass is 194 g/mol. The molecule has 1 saturated heterocycles. The van der Waals surface area contributed by atoms with Gasteiger partial charge < -0.3 is 9.88 Å². The number of rotatable bonds is 2. The van der Waals surface area contributed by atoms with Crippen LogP contribution in [0.1, 0.15) is 32.6 Å². The fraction of sp³-hybridized carbons (Fsp3) is 0.800. The van der Waals surface area contributed by atoms with Crippen LogP contribution in [0.4, 0.5) is 0 Å². The summed E-state index contributed by atoms with van der Waals surface area (Å²) in [7, 11) is 0. The Morgan fingerprint density at radius 3 is 2.71 bits per heavy atom. The van der Waals surface area contributed by atoms with Crippen molar-refractivity contribution >= 4 is 0 Å². The van der Waals surface area contributed by atoms with Crippen molar-refractivity contribution < 1.29 is 0 Å². The second-order valence-corrected chi connectivity index (χ2v) is 5.20. The van der Waals surface area contributed by atoms with Gasteiger partial charge in [0.25, 0.3) is 0 Å². The summed E-state index contributed by atoms with van der Waals surface area (Å²) in [6.45, 7) is 8.78. The summed E-state index contributed by atoms with van der Waals surface area (Å²) in [5, 5.41) is 11.4. The summed E-state index contributed by atoms with van der Waals surface area (Å²) >= 11 is 0. The van der Waals surface area contributed by atoms with Gasteiger partial charge in [-0.05, 0) is 5.41 Å². The molecular weight excluding hydrogens is 176 g/mol. The first-order valence-corrected chi connectivity index (χ1v) is 5.15. The van der Waals surface area contributed by atoms with E-state index in [1.54, 1.807) is 0 Å². The van der Waals surface area contributed by atoms with Gasteiger partial charge in [-0.15, -0.1) is 10.2 Å². The number of hydrogen-bond acceptors (Lipinski definition) is 3. The minimum atomic E-state index is 0.280. The van der Waals surface area contributed by atoms with Crippen molar-refractivity contribution in [3.05, 3.63) is 12.2 Å². The maximum atomic E-state index is 4.19. The first kappa shape index (κ1) is 9.65. The molecule has 0 spiro atoms. The number of aromatic nitrogens is 3. The van der Waals surface area contributed by atoms with Crippen LogP contribution in [0.5, 0.6) is 0 Å². The van der Waals surface area contributed by atoms with Gasteiger partial charge in [-0.3, -0.25) is 0 Å². The van der Waals surface area contributed by atoms with Gasteiger partial charge in [0.15, 0.2) is 0 Å². The van der Waals surface area contributed by atoms with E-state index in [1.807, 2.05) is 6.33 Å². The van der Waals surface area contributed by atoms with Gasteiger partial charge in [-0.25, -0.2) is 0 Å². The molecule has 2 heterocycles. The Morgan fingerprint density at radius 1 is 1.50 bits per heavy atom. The Kier molecular flexibility index (Phi) is 2.31. The van der Waals surface area contributed by atoms with Gasteiger partial charge in [0, 0.05) is 19.5 Å². The van der Waals surface area contributed by atoms with Crippen LogP contribution in [0, 0.1) is 5.41 Å². The van der Waals surface area contributed by atoms with E-state index in [-0.39, 0.29) is 5.41 Å². The predicted molar refractivity (Wildman–Crippen MR) is 55.1 cm³/mol. The normalized spacial score (nSPS) is 18.2. The van der Waals surface area contributed by atoms with E-state index in [9.17, 15) is 0 Å². The lowest BCUT2D eigenvalue weighted by atomic mass is 9.92. The summed E-state index contributed by atoms with van der Waals surface area (Å²) in [5.74, 6) is 1.11. The van der Waals surface area contributed by atoms with Crippen LogP contribution in [0.15, 0.2) is 6.33 Å². The fourth-order valence-corrected chi connectivity index (χ4v) is 1.64. The Morgan fingerprint density at radius 2 is 2.21 bits per heavy atom. The molecule has 4 heteroatoms. The summed E-state index contributed by atoms with van der Waals surface area (Å²) in [6.07, 6.45) is 2.84. The van der Waals surface area contributed by atoms with Crippen molar-refractivity contribution in [2.75, 3.05) is 13.1 Å².